The van der Waals surface area contributed by atoms with Gasteiger partial charge in [-0.1, -0.05) is 0 Å². The van der Waals surface area contributed by atoms with Crippen LogP contribution in [0.5, 0.6) is 5.75 Å². The summed E-state index contributed by atoms with van der Waals surface area (Å²) in [7, 11) is -2.34. The minimum atomic E-state index is -3.82. The number of hydrogen-bond acceptors (Lipinski definition) is 6. The van der Waals surface area contributed by atoms with E-state index in [4.69, 9.17) is 14.8 Å². The van der Waals surface area contributed by atoms with E-state index in [1.165, 1.54) is 36.9 Å². The molecule has 116 valence electrons. The van der Waals surface area contributed by atoms with E-state index in [1.54, 1.807) is 0 Å². The van der Waals surface area contributed by atoms with Gasteiger partial charge in [0.15, 0.2) is 5.37 Å². The van der Waals surface area contributed by atoms with Gasteiger partial charge in [-0.15, -0.1) is 0 Å². The van der Waals surface area contributed by atoms with Crippen LogP contribution in [0.1, 0.15) is 12.8 Å². The van der Waals surface area contributed by atoms with Crippen LogP contribution in [0.3, 0.4) is 0 Å². The second-order valence-corrected chi connectivity index (χ2v) is 6.50. The maximum absolute atomic E-state index is 12.6. The number of amides is 2. The van der Waals surface area contributed by atoms with E-state index in [0.717, 1.165) is 0 Å². The smallest absolute Gasteiger partial charge is 0.366 e. The van der Waals surface area contributed by atoms with Crippen LogP contribution < -0.4 is 10.2 Å². The Morgan fingerprint density at radius 2 is 2.10 bits per heavy atom. The molecule has 1 heterocycles. The summed E-state index contributed by atoms with van der Waals surface area (Å²) in [4.78, 5) is 16.6. The van der Waals surface area contributed by atoms with Gasteiger partial charge < -0.3 is 4.74 Å². The Bertz CT molecular complexity index is 601. The normalized spacial score (nSPS) is 19.1. The van der Waals surface area contributed by atoms with Gasteiger partial charge in [0.25, 0.3) is 0 Å². The third-order valence-electron chi connectivity index (χ3n) is 3.13. The van der Waals surface area contributed by atoms with Crippen LogP contribution in [0, 0.1) is 0 Å². The lowest BCUT2D eigenvalue weighted by Gasteiger charge is -2.33. The molecule has 0 saturated carbocycles. The van der Waals surface area contributed by atoms with Crippen molar-refractivity contribution in [3.8, 4) is 5.75 Å². The molecule has 0 bridgehead atoms. The molecule has 0 unspecified atom stereocenters. The van der Waals surface area contributed by atoms with Crippen LogP contribution in [-0.4, -0.2) is 43.8 Å². The molecule has 1 aromatic carbocycles. The molecule has 21 heavy (non-hydrogen) atoms. The minimum Gasteiger partial charge on any atom is -0.497 e. The summed E-state index contributed by atoms with van der Waals surface area (Å²) in [5, 5.41) is 8.14. The van der Waals surface area contributed by atoms with Crippen molar-refractivity contribution in [2.24, 2.45) is 0 Å². The molecule has 2 N–H and O–H groups in total. The van der Waals surface area contributed by atoms with E-state index < -0.39 is 21.2 Å². The Hall–Kier alpha value is -1.84. The molecule has 8 nitrogen and oxygen atoms in total. The molecule has 1 atom stereocenters. The Kier molecular flexibility index (Phi) is 4.66. The summed E-state index contributed by atoms with van der Waals surface area (Å²) in [5.74, 6) is 0.527. The topological polar surface area (TPSA) is 105 Å². The molecule has 2 rings (SSSR count). The monoisotopic (exact) mass is 316 g/mol. The third-order valence-corrected chi connectivity index (χ3v) is 5.20. The number of nitrogens with one attached hydrogen (secondary N) is 1. The molecular weight excluding hydrogens is 300 g/mol. The maximum atomic E-state index is 12.6. The Morgan fingerprint density at radius 1 is 1.43 bits per heavy atom. The van der Waals surface area contributed by atoms with Crippen molar-refractivity contribution < 1.29 is 28.0 Å². The highest BCUT2D eigenvalue weighted by molar-refractivity contribution is 7.92. The summed E-state index contributed by atoms with van der Waals surface area (Å²) in [5.41, 5.74) is 1.38. The standard InChI is InChI=1S/C12H16N2O6S/c1-19-9-4-6-10(7-5-9)21(17,18)11-3-2-8-20-14(11)12(15)13-16/h4-7,11,16H,2-3,8H2,1H3,(H,13,15)/t11-/m1/s1. The summed E-state index contributed by atoms with van der Waals surface area (Å²) < 4.78 is 30.2. The van der Waals surface area contributed by atoms with Crippen molar-refractivity contribution in [2.45, 2.75) is 23.1 Å². The van der Waals surface area contributed by atoms with E-state index in [9.17, 15) is 13.2 Å². The lowest BCUT2D eigenvalue weighted by atomic mass is 10.3. The fourth-order valence-corrected chi connectivity index (χ4v) is 3.78. The molecule has 9 heteroatoms. The third kappa shape index (κ3) is 3.09. The highest BCUT2D eigenvalue weighted by Crippen LogP contribution is 2.27. The predicted octanol–water partition coefficient (Wildman–Crippen LogP) is 0.921. The Morgan fingerprint density at radius 3 is 2.67 bits per heavy atom. The van der Waals surface area contributed by atoms with Gasteiger partial charge in [-0.3, -0.25) is 10.0 Å². The molecule has 1 aliphatic rings. The number of methoxy groups -OCH3 is 1. The quantitative estimate of drug-likeness (QED) is 0.634. The minimum absolute atomic E-state index is 0.0505. The first-order valence-corrected chi connectivity index (χ1v) is 7.79. The van der Waals surface area contributed by atoms with Gasteiger partial charge in [0.1, 0.15) is 5.75 Å². The number of benzene rings is 1. The largest absolute Gasteiger partial charge is 0.497 e. The molecule has 0 aromatic heterocycles. The second kappa shape index (κ2) is 6.29. The Labute approximate surface area is 122 Å². The first-order valence-electron chi connectivity index (χ1n) is 6.25. The average Bonchev–Trinajstić information content (AvgIpc) is 2.54. The number of hydroxylamine groups is 3. The van der Waals surface area contributed by atoms with E-state index in [0.29, 0.717) is 17.2 Å². The lowest BCUT2D eigenvalue weighted by Crippen LogP contribution is -2.51. The number of carbonyl (C=O) groups excluding carboxylic acids is 1. The second-order valence-electron chi connectivity index (χ2n) is 4.39. The number of sulfone groups is 1. The Balaban J connectivity index is 2.33. The number of rotatable bonds is 3. The van der Waals surface area contributed by atoms with Crippen molar-refractivity contribution in [3.05, 3.63) is 24.3 Å². The number of hydrogen-bond donors (Lipinski definition) is 2. The number of carbonyl (C=O) groups is 1. The zero-order valence-electron chi connectivity index (χ0n) is 11.4. The van der Waals surface area contributed by atoms with E-state index in [-0.39, 0.29) is 17.9 Å². The molecule has 1 aromatic rings. The lowest BCUT2D eigenvalue weighted by molar-refractivity contribution is -0.156. The van der Waals surface area contributed by atoms with Crippen LogP contribution >= 0.6 is 0 Å². The van der Waals surface area contributed by atoms with Crippen molar-refractivity contribution in [3.63, 3.8) is 0 Å². The molecule has 1 aliphatic heterocycles. The van der Waals surface area contributed by atoms with Gasteiger partial charge in [0, 0.05) is 0 Å². The SMILES string of the molecule is COc1ccc(S(=O)(=O)[C@@H]2CCCON2C(=O)NO)cc1. The van der Waals surface area contributed by atoms with Crippen LogP contribution in [0.15, 0.2) is 29.2 Å². The van der Waals surface area contributed by atoms with Crippen molar-refractivity contribution in [2.75, 3.05) is 13.7 Å². The van der Waals surface area contributed by atoms with Gasteiger partial charge >= 0.3 is 6.03 Å². The van der Waals surface area contributed by atoms with Crippen LogP contribution in [0.2, 0.25) is 0 Å². The zero-order valence-corrected chi connectivity index (χ0v) is 12.2. The van der Waals surface area contributed by atoms with E-state index in [2.05, 4.69) is 0 Å². The maximum Gasteiger partial charge on any atom is 0.366 e. The summed E-state index contributed by atoms with van der Waals surface area (Å²) in [6.07, 6.45) is 0.719. The van der Waals surface area contributed by atoms with E-state index in [1.807, 2.05) is 0 Å². The molecule has 1 saturated heterocycles. The highest BCUT2D eigenvalue weighted by atomic mass is 32.2. The zero-order chi connectivity index (χ0) is 15.5. The van der Waals surface area contributed by atoms with Gasteiger partial charge in [-0.05, 0) is 37.1 Å². The van der Waals surface area contributed by atoms with Gasteiger partial charge in [-0.25, -0.2) is 18.7 Å². The number of ether oxygens (including phenoxy) is 1. The summed E-state index contributed by atoms with van der Waals surface area (Å²) in [6.45, 7) is 0.210. The average molecular weight is 316 g/mol. The summed E-state index contributed by atoms with van der Waals surface area (Å²) in [6, 6.07) is 4.83. The van der Waals surface area contributed by atoms with Crippen LogP contribution in [0.25, 0.3) is 0 Å². The first-order chi connectivity index (χ1) is 10.0. The molecular formula is C12H16N2O6S. The van der Waals surface area contributed by atoms with Crippen LogP contribution in [0.4, 0.5) is 4.79 Å². The van der Waals surface area contributed by atoms with E-state index >= 15 is 0 Å². The highest BCUT2D eigenvalue weighted by Gasteiger charge is 2.39. The molecule has 0 radical (unpaired) electrons. The number of urea groups is 1. The van der Waals surface area contributed by atoms with Gasteiger partial charge in [0.2, 0.25) is 9.84 Å². The first kappa shape index (κ1) is 15.5. The van der Waals surface area contributed by atoms with Crippen molar-refractivity contribution >= 4 is 15.9 Å². The van der Waals surface area contributed by atoms with Crippen LogP contribution in [-0.2, 0) is 14.7 Å². The van der Waals surface area contributed by atoms with Crippen molar-refractivity contribution in [1.82, 2.24) is 10.5 Å². The van der Waals surface area contributed by atoms with Gasteiger partial charge in [-0.2, -0.15) is 5.06 Å². The van der Waals surface area contributed by atoms with Gasteiger partial charge in [0.05, 0.1) is 18.6 Å². The van der Waals surface area contributed by atoms with Crippen molar-refractivity contribution in [1.29, 1.82) is 0 Å². The fraction of sp³-hybridized carbons (Fsp3) is 0.417. The predicted molar refractivity (Wildman–Crippen MR) is 71.3 cm³/mol. The summed E-state index contributed by atoms with van der Waals surface area (Å²) >= 11 is 0. The molecule has 2 amide bonds. The molecule has 1 fully saturated rings. The molecule has 0 spiro atoms. The molecule has 0 aliphatic carbocycles. The fourth-order valence-electron chi connectivity index (χ4n) is 2.06. The number of nitrogens with zero attached hydrogens (tertiary/aromatic N) is 1.